The Hall–Kier alpha value is -3.11. The average molecular weight is 515 g/mol. The van der Waals surface area contributed by atoms with E-state index in [1.807, 2.05) is 24.3 Å². The summed E-state index contributed by atoms with van der Waals surface area (Å²) < 4.78 is 17.1. The molecule has 1 saturated carbocycles. The van der Waals surface area contributed by atoms with Gasteiger partial charge in [-0.05, 0) is 65.8 Å². The molecule has 0 bridgehead atoms. The van der Waals surface area contributed by atoms with Crippen molar-refractivity contribution >= 4 is 5.97 Å². The van der Waals surface area contributed by atoms with Crippen molar-refractivity contribution in [1.82, 2.24) is 0 Å². The Morgan fingerprint density at radius 3 is 1.76 bits per heavy atom. The number of carbonyl (C=O) groups excluding carboxylic acids is 1. The van der Waals surface area contributed by atoms with Gasteiger partial charge in [-0.1, -0.05) is 100 Å². The highest BCUT2D eigenvalue weighted by Gasteiger charge is 2.32. The molecule has 4 nitrogen and oxygen atoms in total. The van der Waals surface area contributed by atoms with Gasteiger partial charge in [0.25, 0.3) is 0 Å². The minimum absolute atomic E-state index is 0.0390. The third-order valence-corrected chi connectivity index (χ3v) is 7.55. The number of methoxy groups -OCH3 is 1. The number of carbonyl (C=O) groups is 1. The van der Waals surface area contributed by atoms with E-state index in [4.69, 9.17) is 14.2 Å². The van der Waals surface area contributed by atoms with Gasteiger partial charge in [0.1, 0.15) is 11.5 Å². The average Bonchev–Trinajstić information content (AvgIpc) is 2.97. The number of esters is 1. The van der Waals surface area contributed by atoms with Crippen LogP contribution in [0.2, 0.25) is 0 Å². The second-order valence-corrected chi connectivity index (χ2v) is 10.3. The number of unbranched alkanes of at least 4 members (excludes halogenated alkanes) is 5. The lowest BCUT2D eigenvalue weighted by atomic mass is 9.86. The monoisotopic (exact) mass is 514 g/mol. The first-order valence-corrected chi connectivity index (χ1v) is 14.4. The summed E-state index contributed by atoms with van der Waals surface area (Å²) in [5.74, 6) is 1.14. The molecule has 38 heavy (non-hydrogen) atoms. The van der Waals surface area contributed by atoms with Crippen LogP contribution in [-0.4, -0.2) is 25.8 Å². The number of rotatable bonds is 13. The first-order valence-electron chi connectivity index (χ1n) is 14.4. The Morgan fingerprint density at radius 2 is 1.18 bits per heavy atom. The quantitative estimate of drug-likeness (QED) is 0.130. The molecule has 0 N–H and O–H groups in total. The molecule has 2 atom stereocenters. The smallest absolute Gasteiger partial charge is 0.316 e. The van der Waals surface area contributed by atoms with Crippen molar-refractivity contribution < 1.29 is 19.0 Å². The lowest BCUT2D eigenvalue weighted by molar-refractivity contribution is -0.145. The predicted octanol–water partition coefficient (Wildman–Crippen LogP) is 8.87. The molecule has 0 saturated heterocycles. The van der Waals surface area contributed by atoms with Crippen LogP contribution in [0.3, 0.4) is 0 Å². The van der Waals surface area contributed by atoms with E-state index in [0.29, 0.717) is 5.75 Å². The minimum Gasteiger partial charge on any atom is -0.494 e. The van der Waals surface area contributed by atoms with Crippen LogP contribution >= 0.6 is 0 Å². The van der Waals surface area contributed by atoms with Crippen LogP contribution < -0.4 is 9.47 Å². The fourth-order valence-electron chi connectivity index (χ4n) is 5.23. The number of benzene rings is 3. The van der Waals surface area contributed by atoms with Gasteiger partial charge in [-0.2, -0.15) is 0 Å². The Bertz CT molecular complexity index is 1100. The summed E-state index contributed by atoms with van der Waals surface area (Å²) in [4.78, 5) is 12.7. The Balaban J connectivity index is 1.28. The molecule has 3 aromatic rings. The van der Waals surface area contributed by atoms with Gasteiger partial charge in [-0.3, -0.25) is 4.79 Å². The van der Waals surface area contributed by atoms with Crippen LogP contribution in [0.15, 0.2) is 72.8 Å². The van der Waals surface area contributed by atoms with Crippen LogP contribution in [0.4, 0.5) is 0 Å². The van der Waals surface area contributed by atoms with E-state index in [0.717, 1.165) is 55.6 Å². The third-order valence-electron chi connectivity index (χ3n) is 7.55. The fraction of sp³-hybridized carbons (Fsp3) is 0.441. The molecule has 0 radical (unpaired) electrons. The SMILES string of the molecule is CCCCCCCCOc1ccc(-c2ccc(-c3ccc(OC(=O)[C@@H]4CCCC[C@@H]4OC)cc3)cc2)cc1. The van der Waals surface area contributed by atoms with Crippen molar-refractivity contribution in [1.29, 1.82) is 0 Å². The van der Waals surface area contributed by atoms with Crippen LogP contribution in [0, 0.1) is 5.92 Å². The topological polar surface area (TPSA) is 44.8 Å². The van der Waals surface area contributed by atoms with Crippen LogP contribution in [0.1, 0.15) is 71.1 Å². The van der Waals surface area contributed by atoms with Crippen molar-refractivity contribution in [2.45, 2.75) is 77.2 Å². The molecule has 0 amide bonds. The maximum atomic E-state index is 12.7. The zero-order chi connectivity index (χ0) is 26.6. The molecule has 202 valence electrons. The van der Waals surface area contributed by atoms with E-state index in [1.165, 1.54) is 43.2 Å². The van der Waals surface area contributed by atoms with Gasteiger partial charge < -0.3 is 14.2 Å². The van der Waals surface area contributed by atoms with Gasteiger partial charge in [0.05, 0.1) is 18.6 Å². The van der Waals surface area contributed by atoms with Gasteiger partial charge in [-0.15, -0.1) is 0 Å². The Labute approximate surface area is 228 Å². The third kappa shape index (κ3) is 7.94. The number of ether oxygens (including phenoxy) is 3. The van der Waals surface area contributed by atoms with Crippen molar-refractivity contribution in [2.75, 3.05) is 13.7 Å². The molecule has 1 aliphatic rings. The highest BCUT2D eigenvalue weighted by atomic mass is 16.5. The summed E-state index contributed by atoms with van der Waals surface area (Å²) in [6.45, 7) is 3.03. The Kier molecular flexibility index (Phi) is 10.8. The zero-order valence-electron chi connectivity index (χ0n) is 23.0. The zero-order valence-corrected chi connectivity index (χ0v) is 23.0. The van der Waals surface area contributed by atoms with E-state index in [2.05, 4.69) is 55.5 Å². The summed E-state index contributed by atoms with van der Waals surface area (Å²) in [7, 11) is 1.68. The number of hydrogen-bond acceptors (Lipinski definition) is 4. The van der Waals surface area contributed by atoms with Crippen LogP contribution in [-0.2, 0) is 9.53 Å². The van der Waals surface area contributed by atoms with Crippen molar-refractivity contribution in [3.8, 4) is 33.8 Å². The van der Waals surface area contributed by atoms with Gasteiger partial charge in [-0.25, -0.2) is 0 Å². The maximum absolute atomic E-state index is 12.7. The fourth-order valence-corrected chi connectivity index (χ4v) is 5.23. The van der Waals surface area contributed by atoms with Gasteiger partial charge in [0.15, 0.2) is 0 Å². The summed E-state index contributed by atoms with van der Waals surface area (Å²) >= 11 is 0. The maximum Gasteiger partial charge on any atom is 0.316 e. The molecule has 0 unspecified atom stereocenters. The summed E-state index contributed by atoms with van der Waals surface area (Å²) in [5, 5.41) is 0. The van der Waals surface area contributed by atoms with E-state index >= 15 is 0 Å². The van der Waals surface area contributed by atoms with Gasteiger partial charge >= 0.3 is 5.97 Å². The Morgan fingerprint density at radius 1 is 0.684 bits per heavy atom. The molecule has 0 aliphatic heterocycles. The molecule has 0 heterocycles. The molecule has 1 fully saturated rings. The first kappa shape index (κ1) is 27.9. The van der Waals surface area contributed by atoms with Crippen molar-refractivity contribution in [2.24, 2.45) is 5.92 Å². The highest BCUT2D eigenvalue weighted by Crippen LogP contribution is 2.30. The van der Waals surface area contributed by atoms with E-state index < -0.39 is 0 Å². The molecular formula is C34H42O4. The standard InChI is InChI=1S/C34H42O4/c1-3-4-5-6-7-10-25-37-30-21-17-28(18-22-30)26-13-15-27(16-14-26)29-19-23-31(24-20-29)38-34(35)32-11-8-9-12-33(32)36-2/h13-24,32-33H,3-12,25H2,1-2H3/t32-,33+/m1/s1. The van der Waals surface area contributed by atoms with E-state index in [1.54, 1.807) is 7.11 Å². The normalized spacial score (nSPS) is 17.2. The molecule has 3 aromatic carbocycles. The highest BCUT2D eigenvalue weighted by molar-refractivity contribution is 5.76. The minimum atomic E-state index is -0.188. The predicted molar refractivity (Wildman–Crippen MR) is 155 cm³/mol. The largest absolute Gasteiger partial charge is 0.494 e. The second-order valence-electron chi connectivity index (χ2n) is 10.3. The summed E-state index contributed by atoms with van der Waals surface area (Å²) in [6, 6.07) is 24.6. The summed E-state index contributed by atoms with van der Waals surface area (Å²) in [6.07, 6.45) is 11.5. The molecule has 4 rings (SSSR count). The molecule has 4 heteroatoms. The van der Waals surface area contributed by atoms with Crippen LogP contribution in [0.25, 0.3) is 22.3 Å². The van der Waals surface area contributed by atoms with Crippen LogP contribution in [0.5, 0.6) is 11.5 Å². The lowest BCUT2D eigenvalue weighted by Gasteiger charge is -2.28. The van der Waals surface area contributed by atoms with Crippen molar-refractivity contribution in [3.63, 3.8) is 0 Å². The first-order chi connectivity index (χ1) is 18.7. The van der Waals surface area contributed by atoms with Crippen molar-refractivity contribution in [3.05, 3.63) is 72.8 Å². The molecular weight excluding hydrogens is 472 g/mol. The molecule has 0 spiro atoms. The van der Waals surface area contributed by atoms with Gasteiger partial charge in [0, 0.05) is 7.11 Å². The number of hydrogen-bond donors (Lipinski definition) is 0. The molecule has 0 aromatic heterocycles. The second kappa shape index (κ2) is 14.7. The van der Waals surface area contributed by atoms with Gasteiger partial charge in [0.2, 0.25) is 0 Å². The van der Waals surface area contributed by atoms with E-state index in [-0.39, 0.29) is 18.0 Å². The molecule has 1 aliphatic carbocycles. The summed E-state index contributed by atoms with van der Waals surface area (Å²) in [5.41, 5.74) is 4.55. The van der Waals surface area contributed by atoms with E-state index in [9.17, 15) is 4.79 Å². The lowest BCUT2D eigenvalue weighted by Crippen LogP contribution is -2.35.